The van der Waals surface area contributed by atoms with Crippen molar-refractivity contribution in [3.63, 3.8) is 0 Å². The molecule has 0 radical (unpaired) electrons. The molecule has 1 aromatic rings. The minimum absolute atomic E-state index is 0.0817. The summed E-state index contributed by atoms with van der Waals surface area (Å²) in [6, 6.07) is 1.87. The SMILES string of the molecule is CC(C)C[C@H](CN)CC(=O)NCCn1cccn1. The van der Waals surface area contributed by atoms with Gasteiger partial charge in [-0.15, -0.1) is 0 Å². The molecule has 1 rings (SSSR count). The lowest BCUT2D eigenvalue weighted by atomic mass is 9.94. The van der Waals surface area contributed by atoms with E-state index in [9.17, 15) is 4.79 Å². The van der Waals surface area contributed by atoms with Gasteiger partial charge in [0, 0.05) is 25.4 Å². The third-order valence-electron chi connectivity index (χ3n) is 2.83. The Labute approximate surface area is 109 Å². The van der Waals surface area contributed by atoms with E-state index in [4.69, 9.17) is 5.73 Å². The normalized spacial score (nSPS) is 12.7. The highest BCUT2D eigenvalue weighted by molar-refractivity contribution is 5.76. The predicted molar refractivity (Wildman–Crippen MR) is 71.9 cm³/mol. The molecule has 102 valence electrons. The van der Waals surface area contributed by atoms with E-state index in [1.54, 1.807) is 10.9 Å². The first-order valence-electron chi connectivity index (χ1n) is 6.56. The predicted octanol–water partition coefficient (Wildman–Crippen LogP) is 1.01. The van der Waals surface area contributed by atoms with Crippen LogP contribution in [0.25, 0.3) is 0 Å². The van der Waals surface area contributed by atoms with Gasteiger partial charge in [-0.1, -0.05) is 13.8 Å². The van der Waals surface area contributed by atoms with Gasteiger partial charge < -0.3 is 11.1 Å². The van der Waals surface area contributed by atoms with Crippen LogP contribution in [0.4, 0.5) is 0 Å². The van der Waals surface area contributed by atoms with Gasteiger partial charge >= 0.3 is 0 Å². The number of nitrogens with one attached hydrogen (secondary N) is 1. The number of carbonyl (C=O) groups excluding carboxylic acids is 1. The maximum Gasteiger partial charge on any atom is 0.220 e. The zero-order chi connectivity index (χ0) is 13.4. The van der Waals surface area contributed by atoms with E-state index in [0.29, 0.717) is 32.0 Å². The number of hydrogen-bond acceptors (Lipinski definition) is 3. The Morgan fingerprint density at radius 1 is 1.50 bits per heavy atom. The maximum absolute atomic E-state index is 11.7. The molecule has 1 heterocycles. The van der Waals surface area contributed by atoms with E-state index >= 15 is 0 Å². The van der Waals surface area contributed by atoms with Crippen LogP contribution >= 0.6 is 0 Å². The second kappa shape index (κ2) is 7.87. The topological polar surface area (TPSA) is 72.9 Å². The third-order valence-corrected chi connectivity index (χ3v) is 2.83. The van der Waals surface area contributed by atoms with Crippen molar-refractivity contribution in [3.8, 4) is 0 Å². The van der Waals surface area contributed by atoms with Crippen molar-refractivity contribution in [1.82, 2.24) is 15.1 Å². The lowest BCUT2D eigenvalue weighted by molar-refractivity contribution is -0.122. The van der Waals surface area contributed by atoms with E-state index in [2.05, 4.69) is 24.3 Å². The molecule has 0 aromatic carbocycles. The summed E-state index contributed by atoms with van der Waals surface area (Å²) in [6.45, 7) is 6.19. The summed E-state index contributed by atoms with van der Waals surface area (Å²) < 4.78 is 1.80. The van der Waals surface area contributed by atoms with Gasteiger partial charge in [0.1, 0.15) is 0 Å². The summed E-state index contributed by atoms with van der Waals surface area (Å²) in [6.07, 6.45) is 5.14. The fourth-order valence-corrected chi connectivity index (χ4v) is 2.01. The van der Waals surface area contributed by atoms with Crippen LogP contribution < -0.4 is 11.1 Å². The highest BCUT2D eigenvalue weighted by Gasteiger charge is 2.13. The first-order chi connectivity index (χ1) is 8.61. The Morgan fingerprint density at radius 3 is 2.83 bits per heavy atom. The average Bonchev–Trinajstić information content (AvgIpc) is 2.80. The van der Waals surface area contributed by atoms with Crippen LogP contribution in [-0.2, 0) is 11.3 Å². The third kappa shape index (κ3) is 5.82. The van der Waals surface area contributed by atoms with Crippen LogP contribution in [0, 0.1) is 11.8 Å². The van der Waals surface area contributed by atoms with Gasteiger partial charge in [-0.3, -0.25) is 9.48 Å². The fraction of sp³-hybridized carbons (Fsp3) is 0.692. The summed E-state index contributed by atoms with van der Waals surface area (Å²) in [5, 5.41) is 6.98. The van der Waals surface area contributed by atoms with E-state index < -0.39 is 0 Å². The van der Waals surface area contributed by atoms with Crippen molar-refractivity contribution in [2.75, 3.05) is 13.1 Å². The molecule has 0 saturated heterocycles. The molecule has 1 amide bonds. The van der Waals surface area contributed by atoms with Crippen LogP contribution in [-0.4, -0.2) is 28.8 Å². The molecule has 18 heavy (non-hydrogen) atoms. The van der Waals surface area contributed by atoms with Gasteiger partial charge in [0.25, 0.3) is 0 Å². The van der Waals surface area contributed by atoms with Gasteiger partial charge in [0.15, 0.2) is 0 Å². The number of amides is 1. The Bertz CT molecular complexity index is 335. The quantitative estimate of drug-likeness (QED) is 0.725. The lowest BCUT2D eigenvalue weighted by Gasteiger charge is -2.16. The second-order valence-corrected chi connectivity index (χ2v) is 5.05. The van der Waals surface area contributed by atoms with Crippen molar-refractivity contribution >= 4 is 5.91 Å². The van der Waals surface area contributed by atoms with Gasteiger partial charge in [-0.25, -0.2) is 0 Å². The van der Waals surface area contributed by atoms with E-state index in [-0.39, 0.29) is 11.8 Å². The largest absolute Gasteiger partial charge is 0.354 e. The molecule has 0 bridgehead atoms. The number of carbonyl (C=O) groups is 1. The minimum Gasteiger partial charge on any atom is -0.354 e. The Kier molecular flexibility index (Phi) is 6.43. The Balaban J connectivity index is 2.19. The van der Waals surface area contributed by atoms with Gasteiger partial charge in [-0.2, -0.15) is 5.10 Å². The smallest absolute Gasteiger partial charge is 0.220 e. The molecular formula is C13H24N4O. The van der Waals surface area contributed by atoms with Crippen LogP contribution in [0.1, 0.15) is 26.7 Å². The standard InChI is InChI=1S/C13H24N4O/c1-11(2)8-12(10-14)9-13(18)15-5-7-17-6-3-4-16-17/h3-4,6,11-12H,5,7-10,14H2,1-2H3,(H,15,18)/t12-/m0/s1. The van der Waals surface area contributed by atoms with Crippen LogP contribution in [0.15, 0.2) is 18.5 Å². The molecule has 0 aliphatic rings. The maximum atomic E-state index is 11.7. The Hall–Kier alpha value is -1.36. The number of aromatic nitrogens is 2. The summed E-state index contributed by atoms with van der Waals surface area (Å²) in [4.78, 5) is 11.7. The number of nitrogens with two attached hydrogens (primary N) is 1. The number of nitrogens with zero attached hydrogens (tertiary/aromatic N) is 2. The van der Waals surface area contributed by atoms with Crippen molar-refractivity contribution in [2.45, 2.75) is 33.2 Å². The second-order valence-electron chi connectivity index (χ2n) is 5.05. The summed E-state index contributed by atoms with van der Waals surface area (Å²) in [5.74, 6) is 0.948. The van der Waals surface area contributed by atoms with E-state index in [0.717, 1.165) is 6.42 Å². The highest BCUT2D eigenvalue weighted by atomic mass is 16.1. The zero-order valence-corrected chi connectivity index (χ0v) is 11.3. The first-order valence-corrected chi connectivity index (χ1v) is 6.56. The van der Waals surface area contributed by atoms with Crippen LogP contribution in [0.3, 0.4) is 0 Å². The number of hydrogen-bond donors (Lipinski definition) is 2. The first kappa shape index (κ1) is 14.7. The molecule has 0 aliphatic heterocycles. The molecule has 1 aromatic heterocycles. The summed E-state index contributed by atoms with van der Waals surface area (Å²) in [5.41, 5.74) is 5.68. The highest BCUT2D eigenvalue weighted by Crippen LogP contribution is 2.13. The molecule has 5 heteroatoms. The van der Waals surface area contributed by atoms with Gasteiger partial charge in [0.05, 0.1) is 6.54 Å². The molecule has 0 fully saturated rings. The molecule has 3 N–H and O–H groups in total. The average molecular weight is 252 g/mol. The minimum atomic E-state index is 0.0817. The van der Waals surface area contributed by atoms with Crippen molar-refractivity contribution in [3.05, 3.63) is 18.5 Å². The molecule has 0 saturated carbocycles. The van der Waals surface area contributed by atoms with Gasteiger partial charge in [0.2, 0.25) is 5.91 Å². The molecule has 5 nitrogen and oxygen atoms in total. The number of rotatable bonds is 8. The zero-order valence-electron chi connectivity index (χ0n) is 11.3. The summed E-state index contributed by atoms with van der Waals surface area (Å²) in [7, 11) is 0. The van der Waals surface area contributed by atoms with Crippen LogP contribution in [0.5, 0.6) is 0 Å². The Morgan fingerprint density at radius 2 is 2.28 bits per heavy atom. The monoisotopic (exact) mass is 252 g/mol. The lowest BCUT2D eigenvalue weighted by Crippen LogP contribution is -2.31. The fourth-order valence-electron chi connectivity index (χ4n) is 2.01. The van der Waals surface area contributed by atoms with Gasteiger partial charge in [-0.05, 0) is 30.9 Å². The van der Waals surface area contributed by atoms with E-state index in [1.807, 2.05) is 12.3 Å². The molecular weight excluding hydrogens is 228 g/mol. The molecule has 0 spiro atoms. The van der Waals surface area contributed by atoms with E-state index in [1.165, 1.54) is 0 Å². The van der Waals surface area contributed by atoms with Crippen molar-refractivity contribution in [2.24, 2.45) is 17.6 Å². The van der Waals surface area contributed by atoms with Crippen molar-refractivity contribution < 1.29 is 4.79 Å². The molecule has 1 atom stereocenters. The summed E-state index contributed by atoms with van der Waals surface area (Å²) >= 11 is 0. The van der Waals surface area contributed by atoms with Crippen molar-refractivity contribution in [1.29, 1.82) is 0 Å². The van der Waals surface area contributed by atoms with Crippen LogP contribution in [0.2, 0.25) is 0 Å². The molecule has 0 aliphatic carbocycles. The molecule has 0 unspecified atom stereocenters.